The first-order valence-electron chi connectivity index (χ1n) is 8.39. The van der Waals surface area contributed by atoms with Crippen molar-refractivity contribution in [2.75, 3.05) is 44.3 Å². The maximum absolute atomic E-state index is 3.60. The van der Waals surface area contributed by atoms with Crippen molar-refractivity contribution >= 4 is 146 Å². The highest BCUT2D eigenvalue weighted by atomic mass is 79.9. The molecule has 0 radical (unpaired) electrons. The second-order valence-electron chi connectivity index (χ2n) is 5.35. The zero-order chi connectivity index (χ0) is 19.6. The number of thioether (sulfide) groups is 7. The van der Waals surface area contributed by atoms with E-state index in [-0.39, 0.29) is 0 Å². The van der Waals surface area contributed by atoms with E-state index in [2.05, 4.69) is 118 Å². The molecule has 11 heteroatoms. The van der Waals surface area contributed by atoms with Crippen LogP contribution in [0.15, 0.2) is 17.6 Å². The highest BCUT2D eigenvalue weighted by Crippen LogP contribution is 2.62. The summed E-state index contributed by atoms with van der Waals surface area (Å²) < 4.78 is 5.32. The molecule has 0 amide bonds. The Labute approximate surface area is 227 Å². The number of hydrogen-bond acceptors (Lipinski definition) is 7. The minimum atomic E-state index is 0.627. The van der Waals surface area contributed by atoms with Crippen molar-refractivity contribution in [3.63, 3.8) is 0 Å². The zero-order valence-corrected chi connectivity index (χ0v) is 26.8. The van der Waals surface area contributed by atoms with Gasteiger partial charge in [0.25, 0.3) is 0 Å². The molecule has 2 aliphatic heterocycles. The van der Waals surface area contributed by atoms with E-state index in [1.54, 1.807) is 17.6 Å². The summed E-state index contributed by atoms with van der Waals surface area (Å²) in [6.07, 6.45) is 0. The van der Waals surface area contributed by atoms with Gasteiger partial charge in [-0.3, -0.25) is 0 Å². The van der Waals surface area contributed by atoms with Crippen LogP contribution in [0.2, 0.25) is 0 Å². The first-order chi connectivity index (χ1) is 13.2. The smallest absolute Gasteiger partial charge is 0.0736 e. The number of halogens is 4. The molecule has 0 spiro atoms. The lowest BCUT2D eigenvalue weighted by atomic mass is 10.1. The summed E-state index contributed by atoms with van der Waals surface area (Å²) in [5.74, 6) is 5.26. The van der Waals surface area contributed by atoms with E-state index in [0.29, 0.717) is 15.7 Å². The molecule has 0 fully saturated rings. The average Bonchev–Trinajstić information content (AvgIpc) is 3.21. The zero-order valence-electron chi connectivity index (χ0n) is 14.8. The summed E-state index contributed by atoms with van der Waals surface area (Å²) in [5, 5.41) is 4.91. The van der Waals surface area contributed by atoms with Gasteiger partial charge in [0.05, 0.1) is 17.3 Å². The molecule has 2 aliphatic rings. The van der Waals surface area contributed by atoms with E-state index in [0.717, 1.165) is 44.3 Å². The molecule has 0 saturated carbocycles. The minimum Gasteiger partial charge on any atom is -0.128 e. The van der Waals surface area contributed by atoms with E-state index in [1.165, 1.54) is 0 Å². The Morgan fingerprint density at radius 1 is 0.667 bits per heavy atom. The lowest BCUT2D eigenvalue weighted by Gasteiger charge is -2.22. The Balaban J connectivity index is 2.05. The summed E-state index contributed by atoms with van der Waals surface area (Å²) in [4.78, 5) is 1.63. The molecule has 0 N–H and O–H groups in total. The second-order valence-corrected chi connectivity index (χ2v) is 17.5. The van der Waals surface area contributed by atoms with Crippen LogP contribution in [-0.2, 0) is 0 Å². The molecule has 27 heavy (non-hydrogen) atoms. The van der Waals surface area contributed by atoms with Gasteiger partial charge in [-0.15, -0.1) is 82.3 Å². The average molecular weight is 758 g/mol. The summed E-state index contributed by atoms with van der Waals surface area (Å²) in [5.41, 5.74) is 0. The van der Waals surface area contributed by atoms with Gasteiger partial charge in [-0.05, 0) is 0 Å². The predicted molar refractivity (Wildman–Crippen MR) is 159 cm³/mol. The van der Waals surface area contributed by atoms with Crippen LogP contribution in [-0.4, -0.2) is 54.2 Å². The van der Waals surface area contributed by atoms with E-state index in [9.17, 15) is 0 Å². The van der Waals surface area contributed by atoms with Crippen molar-refractivity contribution in [3.05, 3.63) is 17.6 Å². The number of allylic oxidation sites excluding steroid dienone is 1. The summed E-state index contributed by atoms with van der Waals surface area (Å²) in [6.45, 7) is 2.45. The van der Waals surface area contributed by atoms with E-state index in [1.807, 2.05) is 35.3 Å². The third-order valence-electron chi connectivity index (χ3n) is 3.50. The quantitative estimate of drug-likeness (QED) is 0.170. The molecule has 156 valence electrons. The lowest BCUT2D eigenvalue weighted by Crippen LogP contribution is -2.20. The van der Waals surface area contributed by atoms with E-state index in [4.69, 9.17) is 0 Å². The number of hydrogen-bond donors (Lipinski definition) is 0. The van der Waals surface area contributed by atoms with Crippen LogP contribution in [0, 0.1) is 5.92 Å². The Bertz CT molecular complexity index is 509. The van der Waals surface area contributed by atoms with Crippen LogP contribution < -0.4 is 0 Å². The van der Waals surface area contributed by atoms with Gasteiger partial charge >= 0.3 is 0 Å². The van der Waals surface area contributed by atoms with Crippen LogP contribution in [0.3, 0.4) is 0 Å². The fraction of sp³-hybridized carbons (Fsp3) is 0.750. The topological polar surface area (TPSA) is 0 Å². The van der Waals surface area contributed by atoms with Gasteiger partial charge in [0.2, 0.25) is 0 Å². The fourth-order valence-corrected chi connectivity index (χ4v) is 15.2. The molecule has 0 saturated heterocycles. The molecule has 2 rings (SSSR count). The summed E-state index contributed by atoms with van der Waals surface area (Å²) in [7, 11) is 0. The van der Waals surface area contributed by atoms with E-state index >= 15 is 0 Å². The number of alkyl halides is 4. The van der Waals surface area contributed by atoms with Crippen molar-refractivity contribution in [3.8, 4) is 0 Å². The molecule has 0 aromatic rings. The maximum atomic E-state index is 3.60. The monoisotopic (exact) mass is 754 g/mol. The van der Waals surface area contributed by atoms with Gasteiger partial charge in [0, 0.05) is 60.4 Å². The van der Waals surface area contributed by atoms with Crippen LogP contribution in [0.5, 0.6) is 0 Å². The first kappa shape index (κ1) is 27.1. The molecular weight excluding hydrogens is 736 g/mol. The molecule has 2 unspecified atom stereocenters. The summed E-state index contributed by atoms with van der Waals surface area (Å²) >= 11 is 28.9. The third kappa shape index (κ3) is 8.61. The highest BCUT2D eigenvalue weighted by molar-refractivity contribution is 9.09. The molecule has 2 atom stereocenters. The van der Waals surface area contributed by atoms with Crippen LogP contribution in [0.1, 0.15) is 6.92 Å². The molecule has 0 nitrogen and oxygen atoms in total. The van der Waals surface area contributed by atoms with Gasteiger partial charge in [0.1, 0.15) is 0 Å². The van der Waals surface area contributed by atoms with Crippen molar-refractivity contribution in [2.24, 2.45) is 5.92 Å². The van der Waals surface area contributed by atoms with Gasteiger partial charge < -0.3 is 0 Å². The third-order valence-corrected chi connectivity index (χ3v) is 18.0. The fourth-order valence-electron chi connectivity index (χ4n) is 2.40. The Kier molecular flexibility index (Phi) is 15.7. The molecule has 0 bridgehead atoms. The highest BCUT2D eigenvalue weighted by Gasteiger charge is 2.42. The molecule has 0 aromatic heterocycles. The second kappa shape index (κ2) is 15.6. The Morgan fingerprint density at radius 3 is 1.59 bits per heavy atom. The molecule has 2 heterocycles. The van der Waals surface area contributed by atoms with Crippen molar-refractivity contribution < 1.29 is 0 Å². The van der Waals surface area contributed by atoms with Crippen molar-refractivity contribution in [1.82, 2.24) is 0 Å². The SMILES string of the molecule is CC1C(SCCBr)=C(SCCBr)SC1C1SC(SCCBr)=C(SCCBr)S1. The largest absolute Gasteiger partial charge is 0.128 e. The lowest BCUT2D eigenvalue weighted by molar-refractivity contribution is 0.712. The van der Waals surface area contributed by atoms with Crippen LogP contribution >= 0.6 is 146 Å². The Hall–Kier alpha value is 3.85. The van der Waals surface area contributed by atoms with Crippen molar-refractivity contribution in [2.45, 2.75) is 16.8 Å². The Morgan fingerprint density at radius 2 is 1.11 bits per heavy atom. The normalized spacial score (nSPS) is 23.9. The molecule has 0 aliphatic carbocycles. The van der Waals surface area contributed by atoms with Crippen molar-refractivity contribution in [1.29, 1.82) is 0 Å². The van der Waals surface area contributed by atoms with Crippen LogP contribution in [0.4, 0.5) is 0 Å². The van der Waals surface area contributed by atoms with E-state index < -0.39 is 0 Å². The minimum absolute atomic E-state index is 0.627. The van der Waals surface area contributed by atoms with Gasteiger partial charge in [-0.25, -0.2) is 0 Å². The maximum Gasteiger partial charge on any atom is 0.0736 e. The van der Waals surface area contributed by atoms with Gasteiger partial charge in [0.15, 0.2) is 0 Å². The molecule has 0 aromatic carbocycles. The first-order valence-corrected chi connectivity index (χ1v) is 19.5. The molecular formula is C16H22Br4S7. The predicted octanol–water partition coefficient (Wildman–Crippen LogP) is 9.35. The van der Waals surface area contributed by atoms with Gasteiger partial charge in [-0.1, -0.05) is 70.6 Å². The van der Waals surface area contributed by atoms with Crippen LogP contribution in [0.25, 0.3) is 0 Å². The number of rotatable bonds is 13. The summed E-state index contributed by atoms with van der Waals surface area (Å²) in [6, 6.07) is 0. The standard InChI is InChI=1S/C16H22Br4S7/c1-10-11(21-6-2-17)13(22-7-3-18)25-12(10)14-26-15(23-8-4-19)16(27-14)24-9-5-20/h10,12,14H,2-9H2,1H3. The van der Waals surface area contributed by atoms with Gasteiger partial charge in [-0.2, -0.15) is 0 Å².